The van der Waals surface area contributed by atoms with Crippen LogP contribution in [0.15, 0.2) is 35.2 Å². The molecule has 0 atom stereocenters. The van der Waals surface area contributed by atoms with Crippen LogP contribution in [0, 0.1) is 10.1 Å². The molecule has 1 heterocycles. The Morgan fingerprint density at radius 2 is 2.10 bits per heavy atom. The van der Waals surface area contributed by atoms with Crippen molar-refractivity contribution in [3.8, 4) is 0 Å². The van der Waals surface area contributed by atoms with Crippen molar-refractivity contribution in [2.75, 3.05) is 17.7 Å². The number of amides is 1. The highest BCUT2D eigenvalue weighted by Crippen LogP contribution is 2.23. The summed E-state index contributed by atoms with van der Waals surface area (Å²) >= 11 is 3.12. The molecule has 0 spiro atoms. The Kier molecular flexibility index (Phi) is 4.43. The minimum Gasteiger partial charge on any atom is -0.388 e. The summed E-state index contributed by atoms with van der Waals surface area (Å²) in [5.41, 5.74) is 0.251. The lowest BCUT2D eigenvalue weighted by Crippen LogP contribution is -2.15. The summed E-state index contributed by atoms with van der Waals surface area (Å²) in [4.78, 5) is 30.4. The highest BCUT2D eigenvalue weighted by Gasteiger charge is 2.21. The van der Waals surface area contributed by atoms with E-state index in [2.05, 4.69) is 36.5 Å². The van der Waals surface area contributed by atoms with Crippen molar-refractivity contribution in [3.05, 3.63) is 50.9 Å². The van der Waals surface area contributed by atoms with Crippen molar-refractivity contribution in [3.63, 3.8) is 0 Å². The summed E-state index contributed by atoms with van der Waals surface area (Å²) in [6.07, 6.45) is 2.75. The second-order valence-corrected chi connectivity index (χ2v) is 4.73. The average Bonchev–Trinajstić information content (AvgIpc) is 2.48. The zero-order valence-corrected chi connectivity index (χ0v) is 12.4. The maximum Gasteiger partial charge on any atom is 0.282 e. The fourth-order valence-corrected chi connectivity index (χ4v) is 1.80. The van der Waals surface area contributed by atoms with Gasteiger partial charge in [0.2, 0.25) is 0 Å². The Bertz CT molecular complexity index is 690. The molecule has 0 saturated carbocycles. The molecule has 21 heavy (non-hydrogen) atoms. The first-order chi connectivity index (χ1) is 10.0. The molecule has 0 fully saturated rings. The lowest BCUT2D eigenvalue weighted by molar-refractivity contribution is -0.385. The summed E-state index contributed by atoms with van der Waals surface area (Å²) in [5.74, 6) is -0.428. The lowest BCUT2D eigenvalue weighted by Gasteiger charge is -2.07. The first kappa shape index (κ1) is 14.9. The summed E-state index contributed by atoms with van der Waals surface area (Å²) < 4.78 is 0.517. The number of benzene rings is 1. The normalized spacial score (nSPS) is 10.0. The second-order valence-electron chi connectivity index (χ2n) is 3.92. The van der Waals surface area contributed by atoms with Gasteiger partial charge in [0, 0.05) is 18.8 Å². The Balaban J connectivity index is 2.33. The van der Waals surface area contributed by atoms with Crippen molar-refractivity contribution in [2.24, 2.45) is 0 Å². The summed E-state index contributed by atoms with van der Waals surface area (Å²) in [6.45, 7) is 0. The maximum absolute atomic E-state index is 12.2. The van der Waals surface area contributed by atoms with E-state index in [1.807, 2.05) is 0 Å². The van der Waals surface area contributed by atoms with Gasteiger partial charge >= 0.3 is 0 Å². The number of nitrogens with one attached hydrogen (secondary N) is 2. The third-order valence-corrected chi connectivity index (χ3v) is 3.00. The van der Waals surface area contributed by atoms with Gasteiger partial charge in [-0.1, -0.05) is 0 Å². The maximum atomic E-state index is 12.2. The first-order valence-electron chi connectivity index (χ1n) is 5.76. The van der Waals surface area contributed by atoms with Crippen LogP contribution in [0.3, 0.4) is 0 Å². The minimum absolute atomic E-state index is 0.0587. The zero-order chi connectivity index (χ0) is 15.4. The van der Waals surface area contributed by atoms with Crippen LogP contribution in [0.5, 0.6) is 0 Å². The van der Waals surface area contributed by atoms with E-state index in [1.165, 1.54) is 30.6 Å². The van der Waals surface area contributed by atoms with Crippen LogP contribution in [0.1, 0.15) is 10.4 Å². The molecule has 1 amide bonds. The number of halogens is 1. The van der Waals surface area contributed by atoms with E-state index < -0.39 is 10.8 Å². The van der Waals surface area contributed by atoms with Gasteiger partial charge in [-0.05, 0) is 28.1 Å². The largest absolute Gasteiger partial charge is 0.388 e. The van der Waals surface area contributed by atoms with Crippen LogP contribution in [0.2, 0.25) is 0 Å². The van der Waals surface area contributed by atoms with Crippen LogP contribution in [0.4, 0.5) is 17.2 Å². The summed E-state index contributed by atoms with van der Waals surface area (Å²) in [7, 11) is 1.66. The topological polar surface area (TPSA) is 110 Å². The molecule has 2 rings (SSSR count). The second kappa shape index (κ2) is 6.27. The fraction of sp³-hybridized carbons (Fsp3) is 0.0833. The molecule has 0 saturated heterocycles. The first-order valence-corrected chi connectivity index (χ1v) is 6.55. The SMILES string of the molecule is CNc1ccc([N+](=O)[O-])c(C(=O)Nc2cnc(Br)cn2)c1. The van der Waals surface area contributed by atoms with E-state index in [0.717, 1.165) is 0 Å². The van der Waals surface area contributed by atoms with E-state index in [4.69, 9.17) is 0 Å². The molecule has 0 bridgehead atoms. The minimum atomic E-state index is -0.629. The van der Waals surface area contributed by atoms with Gasteiger partial charge in [0.05, 0.1) is 17.3 Å². The Labute approximate surface area is 127 Å². The van der Waals surface area contributed by atoms with Gasteiger partial charge in [-0.15, -0.1) is 0 Å². The van der Waals surface area contributed by atoms with E-state index in [1.54, 1.807) is 7.05 Å². The van der Waals surface area contributed by atoms with Crippen LogP contribution in [-0.4, -0.2) is 27.8 Å². The number of nitro groups is 1. The van der Waals surface area contributed by atoms with Gasteiger partial charge < -0.3 is 10.6 Å². The third-order valence-electron chi connectivity index (χ3n) is 2.59. The zero-order valence-electron chi connectivity index (χ0n) is 10.8. The van der Waals surface area contributed by atoms with Crippen molar-refractivity contribution in [1.82, 2.24) is 9.97 Å². The molecule has 1 aromatic carbocycles. The van der Waals surface area contributed by atoms with Crippen LogP contribution < -0.4 is 10.6 Å². The number of nitro benzene ring substituents is 1. The molecule has 0 aliphatic heterocycles. The van der Waals surface area contributed by atoms with Gasteiger partial charge in [0.1, 0.15) is 10.2 Å². The molecule has 0 aliphatic carbocycles. The van der Waals surface area contributed by atoms with Crippen LogP contribution >= 0.6 is 15.9 Å². The highest BCUT2D eigenvalue weighted by atomic mass is 79.9. The molecule has 1 aromatic heterocycles. The van der Waals surface area contributed by atoms with Crippen LogP contribution in [-0.2, 0) is 0 Å². The lowest BCUT2D eigenvalue weighted by atomic mass is 10.1. The number of rotatable bonds is 4. The van der Waals surface area contributed by atoms with Gasteiger partial charge in [0.25, 0.3) is 11.6 Å². The Morgan fingerprint density at radius 1 is 1.33 bits per heavy atom. The molecular formula is C12H10BrN5O3. The number of anilines is 2. The summed E-state index contributed by atoms with van der Waals surface area (Å²) in [5, 5.41) is 16.3. The predicted octanol–water partition coefficient (Wildman–Crippen LogP) is 2.44. The molecule has 108 valence electrons. The number of hydrogen-bond acceptors (Lipinski definition) is 6. The van der Waals surface area contributed by atoms with E-state index in [9.17, 15) is 14.9 Å². The molecular weight excluding hydrogens is 342 g/mol. The highest BCUT2D eigenvalue weighted by molar-refractivity contribution is 9.10. The Hall–Kier alpha value is -2.55. The third kappa shape index (κ3) is 3.51. The van der Waals surface area contributed by atoms with Crippen molar-refractivity contribution in [1.29, 1.82) is 0 Å². The predicted molar refractivity (Wildman–Crippen MR) is 80.3 cm³/mol. The number of carbonyl (C=O) groups is 1. The van der Waals surface area contributed by atoms with E-state index in [-0.39, 0.29) is 17.1 Å². The van der Waals surface area contributed by atoms with Gasteiger partial charge in [-0.3, -0.25) is 14.9 Å². The summed E-state index contributed by atoms with van der Waals surface area (Å²) in [6, 6.07) is 4.20. The number of aromatic nitrogens is 2. The molecule has 2 N–H and O–H groups in total. The quantitative estimate of drug-likeness (QED) is 0.646. The molecule has 0 aliphatic rings. The fourth-order valence-electron chi connectivity index (χ4n) is 1.59. The molecule has 8 nitrogen and oxygen atoms in total. The van der Waals surface area contributed by atoms with Gasteiger partial charge in [0.15, 0.2) is 5.82 Å². The van der Waals surface area contributed by atoms with Crippen LogP contribution in [0.25, 0.3) is 0 Å². The molecule has 2 aromatic rings. The number of carbonyl (C=O) groups excluding carboxylic acids is 1. The monoisotopic (exact) mass is 351 g/mol. The van der Waals surface area contributed by atoms with Gasteiger partial charge in [-0.2, -0.15) is 0 Å². The standard InChI is InChI=1S/C12H10BrN5O3/c1-14-7-2-3-9(18(20)21)8(4-7)12(19)17-11-6-15-10(13)5-16-11/h2-6,14H,1H3,(H,16,17,19). The molecule has 0 radical (unpaired) electrons. The van der Waals surface area contributed by atoms with E-state index >= 15 is 0 Å². The number of hydrogen-bond donors (Lipinski definition) is 2. The molecule has 9 heteroatoms. The van der Waals surface area contributed by atoms with Crippen molar-refractivity contribution in [2.45, 2.75) is 0 Å². The van der Waals surface area contributed by atoms with Crippen molar-refractivity contribution >= 4 is 39.0 Å². The average molecular weight is 352 g/mol. The smallest absolute Gasteiger partial charge is 0.282 e. The van der Waals surface area contributed by atoms with Crippen molar-refractivity contribution < 1.29 is 9.72 Å². The number of nitrogens with zero attached hydrogens (tertiary/aromatic N) is 3. The van der Waals surface area contributed by atoms with Gasteiger partial charge in [-0.25, -0.2) is 9.97 Å². The van der Waals surface area contributed by atoms with E-state index in [0.29, 0.717) is 10.3 Å². The molecule has 0 unspecified atom stereocenters. The Morgan fingerprint density at radius 3 is 2.67 bits per heavy atom.